The Kier molecular flexibility index (Phi) is 7.89. The summed E-state index contributed by atoms with van der Waals surface area (Å²) in [6, 6.07) is 4.56. The summed E-state index contributed by atoms with van der Waals surface area (Å²) in [5, 5.41) is 7.57. The van der Waals surface area contributed by atoms with E-state index in [-0.39, 0.29) is 0 Å². The SMILES string of the molecule is COc1cc(-c2[nH]ncc2CN2CCCC[C@H]2CCN2CCOCC2)cc(OC)c1OC. The van der Waals surface area contributed by atoms with E-state index in [1.54, 1.807) is 21.3 Å². The Hall–Kier alpha value is -2.29. The zero-order valence-corrected chi connectivity index (χ0v) is 19.6. The van der Waals surface area contributed by atoms with E-state index in [9.17, 15) is 0 Å². The molecule has 2 fully saturated rings. The van der Waals surface area contributed by atoms with Crippen molar-refractivity contribution in [3.63, 3.8) is 0 Å². The number of benzene rings is 1. The minimum atomic E-state index is 0.596. The van der Waals surface area contributed by atoms with Crippen molar-refractivity contribution in [1.82, 2.24) is 20.0 Å². The van der Waals surface area contributed by atoms with Gasteiger partial charge in [0, 0.05) is 36.8 Å². The van der Waals surface area contributed by atoms with E-state index in [1.807, 2.05) is 18.3 Å². The van der Waals surface area contributed by atoms with Crippen LogP contribution in [0.1, 0.15) is 31.2 Å². The van der Waals surface area contributed by atoms with Gasteiger partial charge in [-0.3, -0.25) is 14.9 Å². The van der Waals surface area contributed by atoms with E-state index in [1.165, 1.54) is 31.2 Å². The predicted molar refractivity (Wildman–Crippen MR) is 124 cm³/mol. The maximum Gasteiger partial charge on any atom is 0.203 e. The third-order valence-corrected chi connectivity index (χ3v) is 6.68. The molecule has 0 radical (unpaired) electrons. The van der Waals surface area contributed by atoms with E-state index in [4.69, 9.17) is 18.9 Å². The third-order valence-electron chi connectivity index (χ3n) is 6.68. The average molecular weight is 445 g/mol. The molecule has 2 aromatic rings. The lowest BCUT2D eigenvalue weighted by Gasteiger charge is -2.37. The number of rotatable bonds is 9. The van der Waals surface area contributed by atoms with Gasteiger partial charge in [0.05, 0.1) is 46.4 Å². The Morgan fingerprint density at radius 1 is 1.03 bits per heavy atom. The number of H-pyrrole nitrogens is 1. The van der Waals surface area contributed by atoms with Crippen LogP contribution in [0.5, 0.6) is 17.2 Å². The van der Waals surface area contributed by atoms with Crippen LogP contribution in [-0.2, 0) is 11.3 Å². The van der Waals surface area contributed by atoms with Crippen LogP contribution in [0.3, 0.4) is 0 Å². The number of methoxy groups -OCH3 is 3. The number of nitrogens with one attached hydrogen (secondary N) is 1. The Balaban J connectivity index is 1.50. The number of aromatic nitrogens is 2. The van der Waals surface area contributed by atoms with Crippen molar-refractivity contribution < 1.29 is 18.9 Å². The summed E-state index contributed by atoms with van der Waals surface area (Å²) < 4.78 is 22.1. The fraction of sp³-hybridized carbons (Fsp3) is 0.625. The molecule has 0 saturated carbocycles. The molecular weight excluding hydrogens is 408 g/mol. The van der Waals surface area contributed by atoms with Crippen molar-refractivity contribution in [2.45, 2.75) is 38.3 Å². The molecular formula is C24H36N4O4. The van der Waals surface area contributed by atoms with E-state index < -0.39 is 0 Å². The maximum absolute atomic E-state index is 5.55. The van der Waals surface area contributed by atoms with Gasteiger partial charge in [-0.1, -0.05) is 6.42 Å². The number of aromatic amines is 1. The van der Waals surface area contributed by atoms with Crippen molar-refractivity contribution in [2.75, 3.05) is 60.7 Å². The molecule has 0 aliphatic carbocycles. The molecule has 1 atom stereocenters. The van der Waals surface area contributed by atoms with Gasteiger partial charge in [-0.15, -0.1) is 0 Å². The minimum absolute atomic E-state index is 0.596. The van der Waals surface area contributed by atoms with Crippen LogP contribution in [-0.4, -0.2) is 86.8 Å². The largest absolute Gasteiger partial charge is 0.493 e. The van der Waals surface area contributed by atoms with Gasteiger partial charge in [-0.05, 0) is 44.5 Å². The van der Waals surface area contributed by atoms with Crippen LogP contribution in [0, 0.1) is 0 Å². The van der Waals surface area contributed by atoms with Crippen LogP contribution >= 0.6 is 0 Å². The summed E-state index contributed by atoms with van der Waals surface area (Å²) in [5.41, 5.74) is 3.17. The molecule has 1 aromatic heterocycles. The molecule has 4 rings (SSSR count). The molecule has 3 heterocycles. The minimum Gasteiger partial charge on any atom is -0.493 e. The quantitative estimate of drug-likeness (QED) is 0.637. The molecule has 1 N–H and O–H groups in total. The molecule has 32 heavy (non-hydrogen) atoms. The number of piperidine rings is 1. The van der Waals surface area contributed by atoms with Gasteiger partial charge in [0.25, 0.3) is 0 Å². The van der Waals surface area contributed by atoms with Crippen LogP contribution in [0.2, 0.25) is 0 Å². The molecule has 1 aromatic carbocycles. The number of morpholine rings is 1. The van der Waals surface area contributed by atoms with Gasteiger partial charge in [0.15, 0.2) is 11.5 Å². The number of likely N-dealkylation sites (tertiary alicyclic amines) is 1. The lowest BCUT2D eigenvalue weighted by molar-refractivity contribution is 0.0302. The zero-order chi connectivity index (χ0) is 22.3. The molecule has 2 aliphatic rings. The number of nitrogens with zero attached hydrogens (tertiary/aromatic N) is 3. The van der Waals surface area contributed by atoms with Crippen molar-refractivity contribution in [3.05, 3.63) is 23.9 Å². The number of ether oxygens (including phenoxy) is 4. The summed E-state index contributed by atoms with van der Waals surface area (Å²) in [4.78, 5) is 5.17. The van der Waals surface area contributed by atoms with Crippen LogP contribution < -0.4 is 14.2 Å². The third kappa shape index (κ3) is 5.19. The first kappa shape index (κ1) is 22.9. The highest BCUT2D eigenvalue weighted by molar-refractivity contribution is 5.70. The van der Waals surface area contributed by atoms with Gasteiger partial charge < -0.3 is 18.9 Å². The summed E-state index contributed by atoms with van der Waals surface area (Å²) in [6.07, 6.45) is 6.99. The lowest BCUT2D eigenvalue weighted by Crippen LogP contribution is -2.43. The fourth-order valence-electron chi connectivity index (χ4n) is 4.88. The molecule has 2 saturated heterocycles. The molecule has 0 amide bonds. The highest BCUT2D eigenvalue weighted by atomic mass is 16.5. The Bertz CT molecular complexity index is 840. The molecule has 2 aliphatic heterocycles. The second-order valence-corrected chi connectivity index (χ2v) is 8.55. The van der Waals surface area contributed by atoms with Crippen molar-refractivity contribution >= 4 is 0 Å². The average Bonchev–Trinajstić information content (AvgIpc) is 3.31. The highest BCUT2D eigenvalue weighted by Gasteiger charge is 2.25. The molecule has 0 unspecified atom stereocenters. The van der Waals surface area contributed by atoms with E-state index >= 15 is 0 Å². The summed E-state index contributed by atoms with van der Waals surface area (Å²) in [7, 11) is 4.90. The maximum atomic E-state index is 5.55. The molecule has 8 nitrogen and oxygen atoms in total. The predicted octanol–water partition coefficient (Wildman–Crippen LogP) is 3.18. The second-order valence-electron chi connectivity index (χ2n) is 8.55. The number of hydrogen-bond donors (Lipinski definition) is 1. The van der Waals surface area contributed by atoms with Crippen molar-refractivity contribution in [3.8, 4) is 28.5 Å². The smallest absolute Gasteiger partial charge is 0.203 e. The van der Waals surface area contributed by atoms with Gasteiger partial charge in [0.1, 0.15) is 0 Å². The Morgan fingerprint density at radius 2 is 1.78 bits per heavy atom. The summed E-state index contributed by atoms with van der Waals surface area (Å²) >= 11 is 0. The Morgan fingerprint density at radius 3 is 2.47 bits per heavy atom. The second kappa shape index (κ2) is 11.0. The molecule has 0 spiro atoms. The van der Waals surface area contributed by atoms with Gasteiger partial charge in [0.2, 0.25) is 5.75 Å². The lowest BCUT2D eigenvalue weighted by atomic mass is 9.97. The topological polar surface area (TPSA) is 72.1 Å². The first-order valence-corrected chi connectivity index (χ1v) is 11.6. The Labute approximate surface area is 190 Å². The molecule has 0 bridgehead atoms. The van der Waals surface area contributed by atoms with Crippen molar-refractivity contribution in [2.24, 2.45) is 0 Å². The molecule has 8 heteroatoms. The zero-order valence-electron chi connectivity index (χ0n) is 19.6. The summed E-state index contributed by atoms with van der Waals surface area (Å²) in [6.45, 7) is 7.00. The van der Waals surface area contributed by atoms with Gasteiger partial charge >= 0.3 is 0 Å². The van der Waals surface area contributed by atoms with Crippen LogP contribution in [0.25, 0.3) is 11.3 Å². The van der Waals surface area contributed by atoms with Crippen LogP contribution in [0.15, 0.2) is 18.3 Å². The van der Waals surface area contributed by atoms with Crippen LogP contribution in [0.4, 0.5) is 0 Å². The van der Waals surface area contributed by atoms with Crippen molar-refractivity contribution in [1.29, 1.82) is 0 Å². The standard InChI is InChI=1S/C24H36N4O4/c1-29-21-14-18(15-22(30-2)24(21)31-3)23-19(16-25-26-23)17-28-8-5-4-6-20(28)7-9-27-10-12-32-13-11-27/h14-16,20H,4-13,17H2,1-3H3,(H,25,26)/t20-/m0/s1. The normalized spacial score (nSPS) is 20.3. The molecule has 176 valence electrons. The monoisotopic (exact) mass is 444 g/mol. The van der Waals surface area contributed by atoms with Gasteiger partial charge in [-0.2, -0.15) is 5.10 Å². The first-order valence-electron chi connectivity index (χ1n) is 11.6. The number of hydrogen-bond acceptors (Lipinski definition) is 7. The summed E-state index contributed by atoms with van der Waals surface area (Å²) in [5.74, 6) is 1.88. The van der Waals surface area contributed by atoms with E-state index in [0.717, 1.165) is 57.2 Å². The van der Waals surface area contributed by atoms with E-state index in [0.29, 0.717) is 23.3 Å². The first-order chi connectivity index (χ1) is 15.7. The fourth-order valence-corrected chi connectivity index (χ4v) is 4.88. The van der Waals surface area contributed by atoms with Gasteiger partial charge in [-0.25, -0.2) is 0 Å². The van der Waals surface area contributed by atoms with E-state index in [2.05, 4.69) is 20.0 Å². The highest BCUT2D eigenvalue weighted by Crippen LogP contribution is 2.41.